The highest BCUT2D eigenvalue weighted by Gasteiger charge is 2.28. The quantitative estimate of drug-likeness (QED) is 0.455. The molecule has 0 aliphatic carbocycles. The SMILES string of the molecule is COC(Cl)C(C)(C)N=O. The summed E-state index contributed by atoms with van der Waals surface area (Å²) < 4.78 is 4.68. The molecule has 1 atom stereocenters. The lowest BCUT2D eigenvalue weighted by Gasteiger charge is -2.19. The third-order valence-electron chi connectivity index (χ3n) is 0.998. The fourth-order valence-electron chi connectivity index (χ4n) is 0.330. The molecule has 3 nitrogen and oxygen atoms in total. The highest BCUT2D eigenvalue weighted by molar-refractivity contribution is 6.20. The Hall–Kier alpha value is -0.150. The molecule has 0 aromatic rings. The maximum atomic E-state index is 10.0. The van der Waals surface area contributed by atoms with E-state index in [1.165, 1.54) is 7.11 Å². The highest BCUT2D eigenvalue weighted by Crippen LogP contribution is 2.19. The Morgan fingerprint density at radius 1 is 1.67 bits per heavy atom. The second kappa shape index (κ2) is 3.13. The smallest absolute Gasteiger partial charge is 0.158 e. The van der Waals surface area contributed by atoms with Gasteiger partial charge in [0.05, 0.1) is 0 Å². The molecule has 0 radical (unpaired) electrons. The topological polar surface area (TPSA) is 38.7 Å². The van der Waals surface area contributed by atoms with Crippen LogP contribution in [0, 0.1) is 4.91 Å². The number of nitroso groups, excluding NO2 is 1. The minimum Gasteiger partial charge on any atom is -0.363 e. The van der Waals surface area contributed by atoms with Gasteiger partial charge in [-0.2, -0.15) is 4.91 Å². The van der Waals surface area contributed by atoms with Crippen LogP contribution in [0.5, 0.6) is 0 Å². The molecule has 0 heterocycles. The number of ether oxygens (including phenoxy) is 1. The average Bonchev–Trinajstić information content (AvgIpc) is 1.86. The van der Waals surface area contributed by atoms with E-state index in [4.69, 9.17) is 11.6 Å². The summed E-state index contributed by atoms with van der Waals surface area (Å²) in [5.41, 5.74) is -1.48. The van der Waals surface area contributed by atoms with Crippen molar-refractivity contribution >= 4 is 11.6 Å². The molecule has 0 aliphatic heterocycles. The first kappa shape index (κ1) is 8.85. The normalized spacial score (nSPS) is 15.1. The average molecular weight is 152 g/mol. The van der Waals surface area contributed by atoms with Gasteiger partial charge in [-0.25, -0.2) is 0 Å². The molecule has 0 N–H and O–H groups in total. The van der Waals surface area contributed by atoms with Gasteiger partial charge in [0.1, 0.15) is 5.54 Å². The Kier molecular flexibility index (Phi) is 3.08. The van der Waals surface area contributed by atoms with Crippen molar-refractivity contribution in [2.75, 3.05) is 7.11 Å². The van der Waals surface area contributed by atoms with E-state index in [0.29, 0.717) is 0 Å². The summed E-state index contributed by atoms with van der Waals surface area (Å²) in [7, 11) is 1.44. The van der Waals surface area contributed by atoms with Crippen LogP contribution in [0.3, 0.4) is 0 Å². The molecular formula is C5H10ClNO2. The van der Waals surface area contributed by atoms with Crippen molar-refractivity contribution in [3.63, 3.8) is 0 Å². The van der Waals surface area contributed by atoms with Gasteiger partial charge in [-0.15, -0.1) is 0 Å². The summed E-state index contributed by atoms with van der Waals surface area (Å²) in [6, 6.07) is 0. The highest BCUT2D eigenvalue weighted by atomic mass is 35.5. The molecule has 0 aliphatic rings. The lowest BCUT2D eigenvalue weighted by Crippen LogP contribution is -2.30. The Bertz CT molecular complexity index is 105. The second-order valence-electron chi connectivity index (χ2n) is 2.30. The summed E-state index contributed by atoms with van der Waals surface area (Å²) in [5, 5.41) is 2.78. The zero-order valence-electron chi connectivity index (χ0n) is 5.72. The summed E-state index contributed by atoms with van der Waals surface area (Å²) in [5.74, 6) is 0. The fraction of sp³-hybridized carbons (Fsp3) is 1.00. The van der Waals surface area contributed by atoms with E-state index in [-0.39, 0.29) is 0 Å². The van der Waals surface area contributed by atoms with Crippen LogP contribution in [-0.4, -0.2) is 18.2 Å². The Morgan fingerprint density at radius 3 is 2.22 bits per heavy atom. The number of hydrogen-bond donors (Lipinski definition) is 0. The summed E-state index contributed by atoms with van der Waals surface area (Å²) in [6.07, 6.45) is 0. The molecule has 4 heteroatoms. The molecule has 0 saturated carbocycles. The van der Waals surface area contributed by atoms with Crippen molar-refractivity contribution in [1.82, 2.24) is 0 Å². The molecule has 0 aromatic carbocycles. The van der Waals surface area contributed by atoms with Crippen molar-refractivity contribution < 1.29 is 4.74 Å². The maximum absolute atomic E-state index is 10.0. The van der Waals surface area contributed by atoms with E-state index < -0.39 is 11.1 Å². The largest absolute Gasteiger partial charge is 0.363 e. The van der Waals surface area contributed by atoms with Crippen LogP contribution in [0.4, 0.5) is 0 Å². The van der Waals surface area contributed by atoms with Crippen LogP contribution in [0.1, 0.15) is 13.8 Å². The fourth-order valence-corrected chi connectivity index (χ4v) is 0.370. The summed E-state index contributed by atoms with van der Waals surface area (Å²) in [4.78, 5) is 10.0. The van der Waals surface area contributed by atoms with E-state index in [1.54, 1.807) is 13.8 Å². The number of alkyl halides is 1. The third kappa shape index (κ3) is 2.28. The van der Waals surface area contributed by atoms with E-state index in [9.17, 15) is 4.91 Å². The Balaban J connectivity index is 3.95. The molecule has 0 rings (SSSR count). The van der Waals surface area contributed by atoms with Gasteiger partial charge in [-0.3, -0.25) is 0 Å². The predicted molar refractivity (Wildman–Crippen MR) is 36.5 cm³/mol. The number of rotatable bonds is 3. The van der Waals surface area contributed by atoms with Crippen molar-refractivity contribution in [3.05, 3.63) is 4.91 Å². The number of hydrogen-bond acceptors (Lipinski definition) is 3. The molecule has 0 saturated heterocycles. The number of methoxy groups -OCH3 is 1. The van der Waals surface area contributed by atoms with Crippen LogP contribution in [0.25, 0.3) is 0 Å². The van der Waals surface area contributed by atoms with E-state index in [2.05, 4.69) is 9.91 Å². The number of nitrogens with zero attached hydrogens (tertiary/aromatic N) is 1. The zero-order chi connectivity index (χ0) is 7.49. The molecule has 0 amide bonds. The van der Waals surface area contributed by atoms with Gasteiger partial charge >= 0.3 is 0 Å². The van der Waals surface area contributed by atoms with Crippen LogP contribution < -0.4 is 0 Å². The van der Waals surface area contributed by atoms with Gasteiger partial charge < -0.3 is 4.74 Å². The maximum Gasteiger partial charge on any atom is 0.158 e. The van der Waals surface area contributed by atoms with Gasteiger partial charge in [-0.1, -0.05) is 16.8 Å². The van der Waals surface area contributed by atoms with E-state index in [0.717, 1.165) is 0 Å². The molecule has 1 unspecified atom stereocenters. The molecule has 0 spiro atoms. The Labute approximate surface area is 59.3 Å². The van der Waals surface area contributed by atoms with Crippen LogP contribution in [-0.2, 0) is 4.74 Å². The predicted octanol–water partition coefficient (Wildman–Crippen LogP) is 1.74. The molecule has 0 aromatic heterocycles. The van der Waals surface area contributed by atoms with Crippen LogP contribution in [0.15, 0.2) is 5.18 Å². The van der Waals surface area contributed by atoms with E-state index in [1.807, 2.05) is 0 Å². The second-order valence-corrected chi connectivity index (χ2v) is 2.69. The molecule has 54 valence electrons. The van der Waals surface area contributed by atoms with Crippen LogP contribution >= 0.6 is 11.6 Å². The van der Waals surface area contributed by atoms with Crippen molar-refractivity contribution in [2.45, 2.75) is 24.9 Å². The van der Waals surface area contributed by atoms with Crippen molar-refractivity contribution in [1.29, 1.82) is 0 Å². The van der Waals surface area contributed by atoms with Gasteiger partial charge in [-0.05, 0) is 13.8 Å². The van der Waals surface area contributed by atoms with Gasteiger partial charge in [0.15, 0.2) is 5.56 Å². The third-order valence-corrected chi connectivity index (χ3v) is 1.71. The van der Waals surface area contributed by atoms with E-state index >= 15 is 0 Å². The van der Waals surface area contributed by atoms with Gasteiger partial charge in [0.25, 0.3) is 0 Å². The minimum absolute atomic E-state index is 0.644. The minimum atomic E-state index is -0.837. The first-order valence-electron chi connectivity index (χ1n) is 2.56. The first-order valence-corrected chi connectivity index (χ1v) is 2.99. The van der Waals surface area contributed by atoms with Gasteiger partial charge in [0.2, 0.25) is 0 Å². The van der Waals surface area contributed by atoms with Gasteiger partial charge in [0, 0.05) is 7.11 Å². The summed E-state index contributed by atoms with van der Waals surface area (Å²) in [6.45, 7) is 3.22. The molecular weight excluding hydrogens is 142 g/mol. The standard InChI is InChI=1S/C5H10ClNO2/c1-5(2,7-8)4(6)9-3/h4H,1-3H3. The van der Waals surface area contributed by atoms with Crippen molar-refractivity contribution in [3.8, 4) is 0 Å². The monoisotopic (exact) mass is 151 g/mol. The Morgan fingerprint density at radius 2 is 2.11 bits per heavy atom. The lowest BCUT2D eigenvalue weighted by atomic mass is 10.1. The van der Waals surface area contributed by atoms with Crippen molar-refractivity contribution in [2.24, 2.45) is 5.18 Å². The van der Waals surface area contributed by atoms with Crippen LogP contribution in [0.2, 0.25) is 0 Å². The lowest BCUT2D eigenvalue weighted by molar-refractivity contribution is 0.114. The number of halogens is 1. The summed E-state index contributed by atoms with van der Waals surface area (Å²) >= 11 is 5.54. The molecule has 0 bridgehead atoms. The first-order chi connectivity index (χ1) is 4.04. The molecule has 0 fully saturated rings. The zero-order valence-corrected chi connectivity index (χ0v) is 6.47. The molecule has 9 heavy (non-hydrogen) atoms.